The Hall–Kier alpha value is -1.40. The minimum Gasteiger partial charge on any atom is -0.480 e. The van der Waals surface area contributed by atoms with Gasteiger partial charge in [0.2, 0.25) is 10.0 Å². The Morgan fingerprint density at radius 2 is 1.89 bits per heavy atom. The van der Waals surface area contributed by atoms with Gasteiger partial charge >= 0.3 is 5.97 Å². The van der Waals surface area contributed by atoms with Crippen molar-refractivity contribution in [3.05, 3.63) is 35.9 Å². The number of aliphatic carboxylic acids is 1. The first kappa shape index (κ1) is 14.7. The van der Waals surface area contributed by atoms with Gasteiger partial charge in [0.05, 0.1) is 0 Å². The molecule has 0 saturated carbocycles. The molecule has 0 amide bonds. The third kappa shape index (κ3) is 3.30. The molecule has 1 atom stereocenters. The second kappa shape index (κ2) is 5.97. The maximum absolute atomic E-state index is 12.1. The van der Waals surface area contributed by atoms with Crippen molar-refractivity contribution in [3.63, 3.8) is 0 Å². The number of carbonyl (C=O) groups is 1. The molecule has 1 N–H and O–H groups in total. The van der Waals surface area contributed by atoms with Crippen LogP contribution in [0.4, 0.5) is 0 Å². The lowest BCUT2D eigenvalue weighted by Crippen LogP contribution is -2.40. The van der Waals surface area contributed by atoms with Crippen LogP contribution in [0.5, 0.6) is 0 Å². The smallest absolute Gasteiger partial charge is 0.323 e. The Labute approximate surface area is 107 Å². The molecule has 100 valence electrons. The summed E-state index contributed by atoms with van der Waals surface area (Å²) in [6, 6.07) is 9.09. The molecule has 0 aliphatic heterocycles. The Kier molecular flexibility index (Phi) is 4.86. The van der Waals surface area contributed by atoms with Gasteiger partial charge in [-0.3, -0.25) is 4.79 Å². The minimum absolute atomic E-state index is 0.192. The van der Waals surface area contributed by atoms with E-state index >= 15 is 0 Å². The zero-order valence-corrected chi connectivity index (χ0v) is 11.2. The van der Waals surface area contributed by atoms with E-state index in [-0.39, 0.29) is 13.1 Å². The van der Waals surface area contributed by atoms with Gasteiger partial charge in [0, 0.05) is 13.1 Å². The van der Waals surface area contributed by atoms with Crippen LogP contribution in [0.25, 0.3) is 0 Å². The molecule has 5 nitrogen and oxygen atoms in total. The molecule has 0 saturated heterocycles. The SMILES string of the molecule is CCN(Cc1ccccc1)S(=O)(=O)C(C)C(=O)O. The molecule has 0 bridgehead atoms. The normalized spacial score (nSPS) is 13.5. The van der Waals surface area contributed by atoms with E-state index in [0.29, 0.717) is 0 Å². The van der Waals surface area contributed by atoms with Crippen molar-refractivity contribution in [3.8, 4) is 0 Å². The van der Waals surface area contributed by atoms with Crippen LogP contribution in [-0.2, 0) is 21.4 Å². The number of sulfonamides is 1. The van der Waals surface area contributed by atoms with Gasteiger partial charge in [-0.2, -0.15) is 4.31 Å². The van der Waals surface area contributed by atoms with Crippen molar-refractivity contribution in [1.82, 2.24) is 4.31 Å². The maximum atomic E-state index is 12.1. The van der Waals surface area contributed by atoms with Gasteiger partial charge in [-0.15, -0.1) is 0 Å². The Morgan fingerprint density at radius 3 is 2.33 bits per heavy atom. The van der Waals surface area contributed by atoms with Gasteiger partial charge in [-0.05, 0) is 12.5 Å². The van der Waals surface area contributed by atoms with E-state index in [9.17, 15) is 13.2 Å². The van der Waals surface area contributed by atoms with E-state index < -0.39 is 21.2 Å². The van der Waals surface area contributed by atoms with Crippen LogP contribution in [0.2, 0.25) is 0 Å². The highest BCUT2D eigenvalue weighted by Crippen LogP contribution is 2.13. The van der Waals surface area contributed by atoms with Crippen molar-refractivity contribution in [2.75, 3.05) is 6.54 Å². The van der Waals surface area contributed by atoms with Gasteiger partial charge in [-0.1, -0.05) is 37.3 Å². The van der Waals surface area contributed by atoms with Gasteiger partial charge in [0.25, 0.3) is 0 Å². The summed E-state index contributed by atoms with van der Waals surface area (Å²) in [5, 5.41) is 7.39. The minimum atomic E-state index is -3.81. The highest BCUT2D eigenvalue weighted by Gasteiger charge is 2.32. The highest BCUT2D eigenvalue weighted by molar-refractivity contribution is 7.90. The number of hydrogen-bond acceptors (Lipinski definition) is 3. The zero-order valence-electron chi connectivity index (χ0n) is 10.4. The number of hydrogen-bond donors (Lipinski definition) is 1. The lowest BCUT2D eigenvalue weighted by atomic mass is 10.2. The standard InChI is InChI=1S/C12H17NO4S/c1-3-13(9-11-7-5-4-6-8-11)18(16,17)10(2)12(14)15/h4-8,10H,3,9H2,1-2H3,(H,14,15). The van der Waals surface area contributed by atoms with Crippen molar-refractivity contribution in [2.45, 2.75) is 25.6 Å². The fourth-order valence-electron chi connectivity index (χ4n) is 1.52. The largest absolute Gasteiger partial charge is 0.480 e. The van der Waals surface area contributed by atoms with Crippen LogP contribution in [0, 0.1) is 0 Å². The lowest BCUT2D eigenvalue weighted by molar-refractivity contribution is -0.136. The molecule has 0 fully saturated rings. The van der Waals surface area contributed by atoms with Crippen LogP contribution < -0.4 is 0 Å². The third-order valence-electron chi connectivity index (χ3n) is 2.71. The molecular weight excluding hydrogens is 254 g/mol. The summed E-state index contributed by atoms with van der Waals surface area (Å²) >= 11 is 0. The molecule has 0 aliphatic carbocycles. The first-order chi connectivity index (χ1) is 8.39. The van der Waals surface area contributed by atoms with E-state index in [1.165, 1.54) is 11.2 Å². The van der Waals surface area contributed by atoms with E-state index in [0.717, 1.165) is 5.56 Å². The Bertz CT molecular complexity index is 498. The summed E-state index contributed by atoms with van der Waals surface area (Å²) in [5.74, 6) is -1.33. The van der Waals surface area contributed by atoms with Crippen LogP contribution in [0.1, 0.15) is 19.4 Å². The molecule has 1 unspecified atom stereocenters. The number of rotatable bonds is 6. The number of benzene rings is 1. The second-order valence-electron chi connectivity index (χ2n) is 3.94. The monoisotopic (exact) mass is 271 g/mol. The average Bonchev–Trinajstić information content (AvgIpc) is 2.35. The molecular formula is C12H17NO4S. The predicted octanol–water partition coefficient (Wildman–Crippen LogP) is 1.31. The fourth-order valence-corrected chi connectivity index (χ4v) is 2.91. The van der Waals surface area contributed by atoms with E-state index in [1.807, 2.05) is 30.3 Å². The molecule has 18 heavy (non-hydrogen) atoms. The van der Waals surface area contributed by atoms with Crippen molar-refractivity contribution >= 4 is 16.0 Å². The zero-order chi connectivity index (χ0) is 13.8. The van der Waals surface area contributed by atoms with Gasteiger partial charge in [0.1, 0.15) is 0 Å². The molecule has 0 aliphatic rings. The molecule has 1 rings (SSSR count). The summed E-state index contributed by atoms with van der Waals surface area (Å²) in [6.07, 6.45) is 0. The summed E-state index contributed by atoms with van der Waals surface area (Å²) < 4.78 is 25.3. The number of nitrogens with zero attached hydrogens (tertiary/aromatic N) is 1. The topological polar surface area (TPSA) is 74.7 Å². The first-order valence-corrected chi connectivity index (χ1v) is 7.15. The molecule has 0 aromatic heterocycles. The maximum Gasteiger partial charge on any atom is 0.323 e. The fraction of sp³-hybridized carbons (Fsp3) is 0.417. The molecule has 6 heteroatoms. The van der Waals surface area contributed by atoms with Crippen LogP contribution in [0.15, 0.2) is 30.3 Å². The molecule has 0 spiro atoms. The lowest BCUT2D eigenvalue weighted by Gasteiger charge is -2.22. The van der Waals surface area contributed by atoms with Crippen LogP contribution in [0.3, 0.4) is 0 Å². The average molecular weight is 271 g/mol. The van der Waals surface area contributed by atoms with E-state index in [2.05, 4.69) is 0 Å². The summed E-state index contributed by atoms with van der Waals surface area (Å²) in [5.41, 5.74) is 0.834. The van der Waals surface area contributed by atoms with Crippen LogP contribution >= 0.6 is 0 Å². The summed E-state index contributed by atoms with van der Waals surface area (Å²) in [7, 11) is -3.81. The Balaban J connectivity index is 2.94. The van der Waals surface area contributed by atoms with E-state index in [4.69, 9.17) is 5.11 Å². The summed E-state index contributed by atoms with van der Waals surface area (Å²) in [4.78, 5) is 10.8. The van der Waals surface area contributed by atoms with E-state index in [1.54, 1.807) is 6.92 Å². The molecule has 0 heterocycles. The molecule has 0 radical (unpaired) electrons. The van der Waals surface area contributed by atoms with Crippen molar-refractivity contribution < 1.29 is 18.3 Å². The summed E-state index contributed by atoms with van der Waals surface area (Å²) in [6.45, 7) is 3.31. The molecule has 1 aromatic carbocycles. The second-order valence-corrected chi connectivity index (χ2v) is 6.19. The van der Waals surface area contributed by atoms with Gasteiger partial charge in [-0.25, -0.2) is 8.42 Å². The quantitative estimate of drug-likeness (QED) is 0.846. The van der Waals surface area contributed by atoms with Crippen LogP contribution in [-0.4, -0.2) is 35.6 Å². The number of carboxylic acid groups (broad SMARTS) is 1. The molecule has 1 aromatic rings. The third-order valence-corrected chi connectivity index (χ3v) is 4.91. The van der Waals surface area contributed by atoms with Gasteiger partial charge in [0.15, 0.2) is 5.25 Å². The van der Waals surface area contributed by atoms with Gasteiger partial charge < -0.3 is 5.11 Å². The highest BCUT2D eigenvalue weighted by atomic mass is 32.2. The first-order valence-electron chi connectivity index (χ1n) is 5.65. The Morgan fingerprint density at radius 1 is 1.33 bits per heavy atom. The predicted molar refractivity (Wildman–Crippen MR) is 68.5 cm³/mol. The van der Waals surface area contributed by atoms with Crippen molar-refractivity contribution in [1.29, 1.82) is 0 Å². The number of carboxylic acids is 1. The van der Waals surface area contributed by atoms with Crippen molar-refractivity contribution in [2.24, 2.45) is 0 Å².